The highest BCUT2D eigenvalue weighted by Gasteiger charge is 2.12. The van der Waals surface area contributed by atoms with E-state index in [1.165, 1.54) is 35.7 Å². The van der Waals surface area contributed by atoms with Crippen LogP contribution in [0.1, 0.15) is 5.01 Å². The van der Waals surface area contributed by atoms with Crippen molar-refractivity contribution in [3.8, 4) is 17.3 Å². The van der Waals surface area contributed by atoms with Crippen LogP contribution in [0, 0.1) is 17.1 Å². The zero-order valence-corrected chi connectivity index (χ0v) is 16.0. The Balaban J connectivity index is 1.86. The lowest BCUT2D eigenvalue weighted by molar-refractivity contribution is 0.628. The third kappa shape index (κ3) is 4.17. The second-order valence-corrected chi connectivity index (χ2v) is 7.21. The molecule has 0 saturated carbocycles. The minimum atomic E-state index is -0.508. The number of anilines is 1. The van der Waals surface area contributed by atoms with Crippen LogP contribution in [0.25, 0.3) is 16.8 Å². The molecule has 0 fully saturated rings. The molecule has 0 aliphatic heterocycles. The molecule has 0 aliphatic rings. The first-order valence-corrected chi connectivity index (χ1v) is 9.22. The van der Waals surface area contributed by atoms with Crippen molar-refractivity contribution in [3.05, 3.63) is 73.9 Å². The van der Waals surface area contributed by atoms with E-state index in [1.807, 2.05) is 5.38 Å². The van der Waals surface area contributed by atoms with Gasteiger partial charge >= 0.3 is 0 Å². The van der Waals surface area contributed by atoms with Crippen LogP contribution in [0.4, 0.5) is 10.1 Å². The molecule has 0 unspecified atom stereocenters. The Labute approximate surface area is 168 Å². The van der Waals surface area contributed by atoms with Gasteiger partial charge in [0, 0.05) is 27.9 Å². The molecule has 26 heavy (non-hydrogen) atoms. The van der Waals surface area contributed by atoms with Crippen molar-refractivity contribution in [1.82, 2.24) is 4.98 Å². The Kier molecular flexibility index (Phi) is 5.80. The zero-order valence-electron chi connectivity index (χ0n) is 12.9. The number of nitrogens with zero attached hydrogens (tertiary/aromatic N) is 2. The average molecular weight is 425 g/mol. The van der Waals surface area contributed by atoms with Crippen LogP contribution < -0.4 is 5.32 Å². The quantitative estimate of drug-likeness (QED) is 0.464. The maximum absolute atomic E-state index is 13.2. The van der Waals surface area contributed by atoms with Gasteiger partial charge in [0.25, 0.3) is 0 Å². The fourth-order valence-electron chi connectivity index (χ4n) is 2.10. The van der Waals surface area contributed by atoms with E-state index in [2.05, 4.69) is 16.4 Å². The van der Waals surface area contributed by atoms with Crippen molar-refractivity contribution in [3.63, 3.8) is 0 Å². The van der Waals surface area contributed by atoms with E-state index in [1.54, 1.807) is 18.2 Å². The molecule has 2 aromatic carbocycles. The summed E-state index contributed by atoms with van der Waals surface area (Å²) in [5, 5.41) is 15.7. The molecule has 0 aliphatic carbocycles. The minimum Gasteiger partial charge on any atom is -0.360 e. The molecule has 1 N–H and O–H groups in total. The maximum Gasteiger partial charge on any atom is 0.141 e. The van der Waals surface area contributed by atoms with Gasteiger partial charge in [-0.05, 0) is 36.4 Å². The summed E-state index contributed by atoms with van der Waals surface area (Å²) in [6.07, 6.45) is 1.50. The van der Waals surface area contributed by atoms with Gasteiger partial charge in [-0.2, -0.15) is 5.26 Å². The van der Waals surface area contributed by atoms with Crippen molar-refractivity contribution in [2.45, 2.75) is 0 Å². The number of hydrogen-bond acceptors (Lipinski definition) is 4. The number of aromatic nitrogens is 1. The summed E-state index contributed by atoms with van der Waals surface area (Å²) in [6, 6.07) is 11.4. The lowest BCUT2D eigenvalue weighted by atomic mass is 10.2. The lowest BCUT2D eigenvalue weighted by Gasteiger charge is -2.03. The molecule has 0 atom stereocenters. The Morgan fingerprint density at radius 2 is 1.96 bits per heavy atom. The molecule has 3 nitrogen and oxygen atoms in total. The lowest BCUT2D eigenvalue weighted by Crippen LogP contribution is -1.92. The highest BCUT2D eigenvalue weighted by molar-refractivity contribution is 7.11. The predicted molar refractivity (Wildman–Crippen MR) is 106 cm³/mol. The van der Waals surface area contributed by atoms with Crippen LogP contribution >= 0.6 is 46.1 Å². The Hall–Kier alpha value is -2.10. The van der Waals surface area contributed by atoms with Crippen LogP contribution in [0.2, 0.25) is 15.1 Å². The first-order chi connectivity index (χ1) is 12.5. The first kappa shape index (κ1) is 18.7. The van der Waals surface area contributed by atoms with Crippen LogP contribution in [0.3, 0.4) is 0 Å². The second kappa shape index (κ2) is 8.07. The molecule has 0 saturated heterocycles. The van der Waals surface area contributed by atoms with E-state index in [9.17, 15) is 9.65 Å². The van der Waals surface area contributed by atoms with Gasteiger partial charge < -0.3 is 5.32 Å². The molecule has 0 bridgehead atoms. The summed E-state index contributed by atoms with van der Waals surface area (Å²) in [7, 11) is 0. The van der Waals surface area contributed by atoms with Crippen LogP contribution in [0.15, 0.2) is 48.0 Å². The molecule has 8 heteroatoms. The van der Waals surface area contributed by atoms with Gasteiger partial charge in [0.1, 0.15) is 22.5 Å². The number of rotatable bonds is 4. The van der Waals surface area contributed by atoms with Gasteiger partial charge in [0.2, 0.25) is 0 Å². The smallest absolute Gasteiger partial charge is 0.141 e. The van der Waals surface area contributed by atoms with E-state index in [0.717, 1.165) is 5.56 Å². The number of benzene rings is 2. The Morgan fingerprint density at radius 3 is 2.65 bits per heavy atom. The highest BCUT2D eigenvalue weighted by atomic mass is 35.5. The van der Waals surface area contributed by atoms with Gasteiger partial charge in [-0.1, -0.05) is 34.8 Å². The predicted octanol–water partition coefficient (Wildman–Crippen LogP) is 6.89. The summed E-state index contributed by atoms with van der Waals surface area (Å²) in [4.78, 5) is 4.46. The van der Waals surface area contributed by atoms with Gasteiger partial charge in [-0.15, -0.1) is 11.3 Å². The molecule has 1 heterocycles. The van der Waals surface area contributed by atoms with Gasteiger partial charge in [-0.3, -0.25) is 0 Å². The SMILES string of the molecule is N#CC(=CNc1ccc(F)c(Cl)c1)c1nc(-c2ccc(Cl)cc2Cl)cs1. The van der Waals surface area contributed by atoms with Gasteiger partial charge in [0.05, 0.1) is 15.7 Å². The van der Waals surface area contributed by atoms with Crippen molar-refractivity contribution < 1.29 is 4.39 Å². The fraction of sp³-hybridized carbons (Fsp3) is 0. The zero-order chi connectivity index (χ0) is 18.7. The second-order valence-electron chi connectivity index (χ2n) is 5.11. The fourth-order valence-corrected chi connectivity index (χ4v) is 3.57. The largest absolute Gasteiger partial charge is 0.360 e. The molecule has 0 radical (unpaired) electrons. The monoisotopic (exact) mass is 423 g/mol. The van der Waals surface area contributed by atoms with Crippen molar-refractivity contribution >= 4 is 57.4 Å². The first-order valence-electron chi connectivity index (χ1n) is 7.21. The van der Waals surface area contributed by atoms with E-state index in [-0.39, 0.29) is 5.02 Å². The summed E-state index contributed by atoms with van der Waals surface area (Å²) in [6.45, 7) is 0. The number of halogens is 4. The number of thiazole rings is 1. The van der Waals surface area contributed by atoms with Crippen molar-refractivity contribution in [2.24, 2.45) is 0 Å². The Bertz CT molecular complexity index is 1040. The highest BCUT2D eigenvalue weighted by Crippen LogP contribution is 2.32. The summed E-state index contributed by atoms with van der Waals surface area (Å²) in [5.41, 5.74) is 2.26. The third-order valence-electron chi connectivity index (χ3n) is 3.36. The minimum absolute atomic E-state index is 0.00387. The van der Waals surface area contributed by atoms with E-state index in [4.69, 9.17) is 34.8 Å². The Morgan fingerprint density at radius 1 is 1.15 bits per heavy atom. The molecule has 1 aromatic heterocycles. The molecule has 0 amide bonds. The molecular weight excluding hydrogens is 416 g/mol. The van der Waals surface area contributed by atoms with E-state index in [0.29, 0.717) is 32.0 Å². The van der Waals surface area contributed by atoms with Crippen LogP contribution in [0.5, 0.6) is 0 Å². The van der Waals surface area contributed by atoms with Crippen molar-refractivity contribution in [2.75, 3.05) is 5.32 Å². The standard InChI is InChI=1S/C18H9Cl3FN3S/c19-11-1-3-13(14(20)5-11)17-9-26-18(25-17)10(7-23)8-24-12-2-4-16(22)15(21)6-12/h1-6,8-9,24H. The van der Waals surface area contributed by atoms with Crippen LogP contribution in [-0.2, 0) is 0 Å². The summed E-state index contributed by atoms with van der Waals surface area (Å²) >= 11 is 19.2. The normalized spacial score (nSPS) is 11.3. The van der Waals surface area contributed by atoms with Crippen molar-refractivity contribution in [1.29, 1.82) is 5.26 Å². The maximum atomic E-state index is 13.2. The molecule has 0 spiro atoms. The number of allylic oxidation sites excluding steroid dienone is 1. The topological polar surface area (TPSA) is 48.7 Å². The third-order valence-corrected chi connectivity index (χ3v) is 5.08. The molecule has 3 aromatic rings. The summed E-state index contributed by atoms with van der Waals surface area (Å²) in [5.74, 6) is -0.508. The summed E-state index contributed by atoms with van der Waals surface area (Å²) < 4.78 is 13.2. The average Bonchev–Trinajstić information content (AvgIpc) is 3.08. The van der Waals surface area contributed by atoms with Gasteiger partial charge in [0.15, 0.2) is 0 Å². The van der Waals surface area contributed by atoms with Crippen LogP contribution in [-0.4, -0.2) is 4.98 Å². The molecule has 130 valence electrons. The van der Waals surface area contributed by atoms with Gasteiger partial charge in [-0.25, -0.2) is 9.37 Å². The molecule has 3 rings (SSSR count). The number of nitriles is 1. The van der Waals surface area contributed by atoms with E-state index < -0.39 is 5.82 Å². The van der Waals surface area contributed by atoms with E-state index >= 15 is 0 Å². The number of hydrogen-bond donors (Lipinski definition) is 1. The number of nitrogens with one attached hydrogen (secondary N) is 1. The molecular formula is C18H9Cl3FN3S.